The molecule has 2 amide bonds. The summed E-state index contributed by atoms with van der Waals surface area (Å²) in [6.07, 6.45) is 12.4. The molecule has 21 heavy (non-hydrogen) atoms. The van der Waals surface area contributed by atoms with E-state index in [4.69, 9.17) is 5.26 Å². The Balaban J connectivity index is 2.10. The maximum atomic E-state index is 11.6. The summed E-state index contributed by atoms with van der Waals surface area (Å²) >= 11 is 0. The topological polar surface area (TPSA) is 70.0 Å². The zero-order valence-electron chi connectivity index (χ0n) is 13.2. The summed E-state index contributed by atoms with van der Waals surface area (Å²) in [5.74, 6) is -1.36. The van der Waals surface area contributed by atoms with Gasteiger partial charge in [-0.25, -0.2) is 0 Å². The van der Waals surface area contributed by atoms with Crippen molar-refractivity contribution in [3.8, 4) is 6.07 Å². The first-order valence-electron chi connectivity index (χ1n) is 8.42. The van der Waals surface area contributed by atoms with Crippen LogP contribution in [-0.2, 0) is 9.59 Å². The van der Waals surface area contributed by atoms with Crippen molar-refractivity contribution < 1.29 is 9.59 Å². The molecule has 0 aromatic rings. The third-order valence-corrected chi connectivity index (χ3v) is 4.28. The number of unbranched alkanes of at least 4 members (excludes halogenated alkanes) is 8. The molecule has 1 heterocycles. The van der Waals surface area contributed by atoms with Crippen LogP contribution >= 0.6 is 0 Å². The highest BCUT2D eigenvalue weighted by Gasteiger charge is 2.35. The molecule has 0 unspecified atom stereocenters. The lowest BCUT2D eigenvalue weighted by Gasteiger charge is -2.25. The van der Waals surface area contributed by atoms with Gasteiger partial charge in [0.1, 0.15) is 5.92 Å². The Labute approximate surface area is 128 Å². The number of piperidine rings is 1. The fourth-order valence-electron chi connectivity index (χ4n) is 2.99. The molecule has 1 N–H and O–H groups in total. The molecule has 1 aliphatic heterocycles. The van der Waals surface area contributed by atoms with E-state index in [-0.39, 0.29) is 11.8 Å². The van der Waals surface area contributed by atoms with Crippen molar-refractivity contribution in [2.75, 3.05) is 0 Å². The minimum Gasteiger partial charge on any atom is -0.295 e. The molecular weight excluding hydrogens is 264 g/mol. The number of carbonyl (C=O) groups excluding carboxylic acids is 2. The van der Waals surface area contributed by atoms with E-state index in [1.165, 1.54) is 44.9 Å². The Bertz CT molecular complexity index is 373. The van der Waals surface area contributed by atoms with Crippen LogP contribution in [-0.4, -0.2) is 11.8 Å². The third kappa shape index (κ3) is 6.75. The number of amides is 2. The second-order valence-electron chi connectivity index (χ2n) is 6.10. The van der Waals surface area contributed by atoms with Gasteiger partial charge in [0, 0.05) is 6.42 Å². The third-order valence-electron chi connectivity index (χ3n) is 4.28. The second kappa shape index (κ2) is 10.4. The molecule has 0 bridgehead atoms. The van der Waals surface area contributed by atoms with Gasteiger partial charge in [-0.15, -0.1) is 0 Å². The van der Waals surface area contributed by atoms with Gasteiger partial charge in [0.25, 0.3) is 0 Å². The number of imide groups is 1. The molecule has 0 spiro atoms. The predicted molar refractivity (Wildman–Crippen MR) is 82.2 cm³/mol. The van der Waals surface area contributed by atoms with E-state index in [2.05, 4.69) is 12.2 Å². The normalized spacial score (nSPS) is 21.9. The number of nitriles is 1. The van der Waals surface area contributed by atoms with Crippen LogP contribution in [0.4, 0.5) is 0 Å². The van der Waals surface area contributed by atoms with Crippen LogP contribution in [0.2, 0.25) is 0 Å². The molecule has 1 aliphatic rings. The molecule has 1 rings (SSSR count). The van der Waals surface area contributed by atoms with Gasteiger partial charge in [0.15, 0.2) is 0 Å². The Morgan fingerprint density at radius 3 is 2.19 bits per heavy atom. The number of carbonyl (C=O) groups is 2. The molecule has 0 aromatic carbocycles. The standard InChI is InChI=1S/C17H28N2O2/c1-2-3-4-5-6-7-8-9-10-11-14-12-16(20)19-17(21)15(14)13-18/h14-15H,2-12H2,1H3,(H,19,20,21)/t14-,15-/m0/s1. The van der Waals surface area contributed by atoms with Gasteiger partial charge in [-0.1, -0.05) is 64.7 Å². The summed E-state index contributed by atoms with van der Waals surface area (Å²) in [7, 11) is 0. The van der Waals surface area contributed by atoms with Crippen molar-refractivity contribution in [3.05, 3.63) is 0 Å². The van der Waals surface area contributed by atoms with E-state index in [1.807, 2.05) is 6.07 Å². The summed E-state index contributed by atoms with van der Waals surface area (Å²) in [5, 5.41) is 11.3. The maximum Gasteiger partial charge on any atom is 0.244 e. The van der Waals surface area contributed by atoms with Gasteiger partial charge in [-0.3, -0.25) is 14.9 Å². The van der Waals surface area contributed by atoms with Crippen LogP contribution in [0.25, 0.3) is 0 Å². The summed E-state index contributed by atoms with van der Waals surface area (Å²) in [4.78, 5) is 22.9. The minimum atomic E-state index is -0.642. The first-order valence-corrected chi connectivity index (χ1v) is 8.42. The number of hydrogen-bond acceptors (Lipinski definition) is 3. The Morgan fingerprint density at radius 2 is 1.62 bits per heavy atom. The van der Waals surface area contributed by atoms with E-state index in [1.54, 1.807) is 0 Å². The van der Waals surface area contributed by atoms with Gasteiger partial charge < -0.3 is 0 Å². The zero-order chi connectivity index (χ0) is 15.5. The maximum absolute atomic E-state index is 11.6. The smallest absolute Gasteiger partial charge is 0.244 e. The number of rotatable bonds is 10. The SMILES string of the molecule is CCCCCCCCCCC[C@H]1CC(=O)NC(=O)[C@H]1C#N. The van der Waals surface area contributed by atoms with E-state index in [0.717, 1.165) is 19.3 Å². The first-order chi connectivity index (χ1) is 10.2. The van der Waals surface area contributed by atoms with E-state index in [0.29, 0.717) is 6.42 Å². The zero-order valence-corrected chi connectivity index (χ0v) is 13.2. The average molecular weight is 292 g/mol. The van der Waals surface area contributed by atoms with E-state index < -0.39 is 11.8 Å². The van der Waals surface area contributed by atoms with Crippen molar-refractivity contribution in [3.63, 3.8) is 0 Å². The molecule has 0 aromatic heterocycles. The van der Waals surface area contributed by atoms with Crippen molar-refractivity contribution in [2.45, 2.75) is 77.6 Å². The first kappa shape index (κ1) is 17.7. The highest BCUT2D eigenvalue weighted by Crippen LogP contribution is 2.26. The number of nitrogens with one attached hydrogen (secondary N) is 1. The lowest BCUT2D eigenvalue weighted by molar-refractivity contribution is -0.137. The molecule has 1 fully saturated rings. The van der Waals surface area contributed by atoms with Gasteiger partial charge in [-0.05, 0) is 12.3 Å². The van der Waals surface area contributed by atoms with Crippen LogP contribution in [0.15, 0.2) is 0 Å². The summed E-state index contributed by atoms with van der Waals surface area (Å²) < 4.78 is 0. The summed E-state index contributed by atoms with van der Waals surface area (Å²) in [6.45, 7) is 2.23. The predicted octanol–water partition coefficient (Wildman–Crippen LogP) is 3.71. The Hall–Kier alpha value is -1.37. The largest absolute Gasteiger partial charge is 0.295 e. The lowest BCUT2D eigenvalue weighted by Crippen LogP contribution is -2.45. The number of hydrogen-bond donors (Lipinski definition) is 1. The van der Waals surface area contributed by atoms with Crippen LogP contribution < -0.4 is 5.32 Å². The highest BCUT2D eigenvalue weighted by atomic mass is 16.2. The van der Waals surface area contributed by atoms with Gasteiger partial charge in [0.2, 0.25) is 11.8 Å². The molecule has 0 saturated carbocycles. The fourth-order valence-corrected chi connectivity index (χ4v) is 2.99. The molecule has 4 heteroatoms. The second-order valence-corrected chi connectivity index (χ2v) is 6.10. The van der Waals surface area contributed by atoms with Crippen molar-refractivity contribution >= 4 is 11.8 Å². The quantitative estimate of drug-likeness (QED) is 0.493. The van der Waals surface area contributed by atoms with Crippen LogP contribution in [0.3, 0.4) is 0 Å². The molecule has 0 radical (unpaired) electrons. The summed E-state index contributed by atoms with van der Waals surface area (Å²) in [5.41, 5.74) is 0. The van der Waals surface area contributed by atoms with Crippen molar-refractivity contribution in [2.24, 2.45) is 11.8 Å². The van der Waals surface area contributed by atoms with E-state index >= 15 is 0 Å². The molecule has 1 saturated heterocycles. The van der Waals surface area contributed by atoms with Crippen molar-refractivity contribution in [1.29, 1.82) is 5.26 Å². The van der Waals surface area contributed by atoms with Crippen molar-refractivity contribution in [1.82, 2.24) is 5.32 Å². The summed E-state index contributed by atoms with van der Waals surface area (Å²) in [6, 6.07) is 2.04. The Morgan fingerprint density at radius 1 is 1.05 bits per heavy atom. The van der Waals surface area contributed by atoms with Crippen LogP contribution in [0.1, 0.15) is 77.6 Å². The highest BCUT2D eigenvalue weighted by molar-refractivity contribution is 6.00. The van der Waals surface area contributed by atoms with Gasteiger partial charge in [-0.2, -0.15) is 5.26 Å². The number of nitrogens with zero attached hydrogens (tertiary/aromatic N) is 1. The van der Waals surface area contributed by atoms with Gasteiger partial charge in [0.05, 0.1) is 6.07 Å². The molecular formula is C17H28N2O2. The lowest BCUT2D eigenvalue weighted by atomic mass is 9.82. The van der Waals surface area contributed by atoms with Gasteiger partial charge >= 0.3 is 0 Å². The molecule has 0 aliphatic carbocycles. The Kier molecular flexibility index (Phi) is 8.73. The molecule has 118 valence electrons. The minimum absolute atomic E-state index is 0.0826. The fraction of sp³-hybridized carbons (Fsp3) is 0.824. The average Bonchev–Trinajstić information content (AvgIpc) is 2.45. The van der Waals surface area contributed by atoms with Crippen LogP contribution in [0.5, 0.6) is 0 Å². The monoisotopic (exact) mass is 292 g/mol. The van der Waals surface area contributed by atoms with E-state index in [9.17, 15) is 9.59 Å². The van der Waals surface area contributed by atoms with Crippen LogP contribution in [0, 0.1) is 23.2 Å². The molecule has 2 atom stereocenters. The molecule has 4 nitrogen and oxygen atoms in total.